The van der Waals surface area contributed by atoms with Crippen molar-refractivity contribution in [3.63, 3.8) is 0 Å². The number of pyridine rings is 1. The van der Waals surface area contributed by atoms with E-state index in [-0.39, 0.29) is 24.4 Å². The normalized spacial score (nSPS) is 14.5. The number of amides is 1. The molecule has 1 amide bonds. The molecule has 1 fully saturated rings. The third-order valence-electron chi connectivity index (χ3n) is 4.49. The Labute approximate surface area is 149 Å². The molecule has 0 aliphatic heterocycles. The van der Waals surface area contributed by atoms with Gasteiger partial charge in [-0.1, -0.05) is 30.3 Å². The lowest BCUT2D eigenvalue weighted by molar-refractivity contribution is -0.133. The molecule has 1 atom stereocenters. The molecule has 1 aromatic carbocycles. The maximum absolute atomic E-state index is 12.8. The van der Waals surface area contributed by atoms with Crippen molar-refractivity contribution in [1.82, 2.24) is 9.88 Å². The highest BCUT2D eigenvalue weighted by atomic mass is 35.5. The van der Waals surface area contributed by atoms with Gasteiger partial charge in [-0.05, 0) is 43.4 Å². The van der Waals surface area contributed by atoms with E-state index in [0.717, 1.165) is 5.69 Å². The molecule has 2 N–H and O–H groups in total. The third-order valence-corrected chi connectivity index (χ3v) is 4.49. The van der Waals surface area contributed by atoms with E-state index in [4.69, 9.17) is 5.73 Å². The standard InChI is InChI=1S/C19H23N3O.ClH/c1-14(16-7-8-16)22(13-15-5-3-2-4-6-15)19(23)11-18-10-9-17(20)12-21-18;/h2-6,9-10,12,14,16H,7-8,11,13,20H2,1H3;1H. The van der Waals surface area contributed by atoms with Gasteiger partial charge in [0.15, 0.2) is 0 Å². The monoisotopic (exact) mass is 345 g/mol. The van der Waals surface area contributed by atoms with Crippen molar-refractivity contribution in [3.8, 4) is 0 Å². The third kappa shape index (κ3) is 4.71. The van der Waals surface area contributed by atoms with E-state index in [9.17, 15) is 4.79 Å². The Morgan fingerprint density at radius 1 is 1.25 bits per heavy atom. The summed E-state index contributed by atoms with van der Waals surface area (Å²) in [5.74, 6) is 0.771. The topological polar surface area (TPSA) is 59.2 Å². The van der Waals surface area contributed by atoms with Gasteiger partial charge in [-0.25, -0.2) is 0 Å². The predicted octanol–water partition coefficient (Wildman–Crippen LogP) is 3.46. The molecule has 128 valence electrons. The first-order valence-corrected chi connectivity index (χ1v) is 8.17. The SMILES string of the molecule is CC(C1CC1)N(Cc1ccccc1)C(=O)Cc1ccc(N)cn1.Cl. The number of nitrogens with zero attached hydrogens (tertiary/aromatic N) is 2. The fraction of sp³-hybridized carbons (Fsp3) is 0.368. The van der Waals surface area contributed by atoms with E-state index in [2.05, 4.69) is 24.0 Å². The van der Waals surface area contributed by atoms with Crippen LogP contribution in [0.5, 0.6) is 0 Å². The van der Waals surface area contributed by atoms with Gasteiger partial charge in [0.05, 0.1) is 18.3 Å². The second-order valence-electron chi connectivity index (χ2n) is 6.34. The van der Waals surface area contributed by atoms with Crippen molar-refractivity contribution >= 4 is 24.0 Å². The number of hydrogen-bond acceptors (Lipinski definition) is 3. The number of carbonyl (C=O) groups excluding carboxylic acids is 1. The van der Waals surface area contributed by atoms with Crippen LogP contribution in [0, 0.1) is 5.92 Å². The minimum atomic E-state index is 0. The van der Waals surface area contributed by atoms with E-state index in [0.29, 0.717) is 24.6 Å². The van der Waals surface area contributed by atoms with Gasteiger partial charge in [-0.2, -0.15) is 0 Å². The number of nitrogens with two attached hydrogens (primary N) is 1. The first-order chi connectivity index (χ1) is 11.1. The molecule has 0 saturated heterocycles. The maximum Gasteiger partial charge on any atom is 0.229 e. The first kappa shape index (κ1) is 18.3. The number of hydrogen-bond donors (Lipinski definition) is 1. The molecule has 1 aromatic heterocycles. The number of benzene rings is 1. The van der Waals surface area contributed by atoms with Crippen LogP contribution in [-0.4, -0.2) is 21.8 Å². The number of halogens is 1. The van der Waals surface area contributed by atoms with E-state index < -0.39 is 0 Å². The quantitative estimate of drug-likeness (QED) is 0.872. The Morgan fingerprint density at radius 2 is 1.96 bits per heavy atom. The maximum atomic E-state index is 12.8. The second kappa shape index (κ2) is 8.15. The number of aromatic nitrogens is 1. The van der Waals surface area contributed by atoms with Crippen LogP contribution in [0.3, 0.4) is 0 Å². The van der Waals surface area contributed by atoms with E-state index in [1.54, 1.807) is 12.3 Å². The molecule has 2 aromatic rings. The van der Waals surface area contributed by atoms with Gasteiger partial charge < -0.3 is 10.6 Å². The average molecular weight is 346 g/mol. The molecular formula is C19H24ClN3O. The summed E-state index contributed by atoms with van der Waals surface area (Å²) in [6.45, 7) is 2.82. The zero-order chi connectivity index (χ0) is 16.2. The summed E-state index contributed by atoms with van der Waals surface area (Å²) < 4.78 is 0. The van der Waals surface area contributed by atoms with Crippen molar-refractivity contribution < 1.29 is 4.79 Å². The smallest absolute Gasteiger partial charge is 0.229 e. The van der Waals surface area contributed by atoms with E-state index in [1.807, 2.05) is 29.2 Å². The summed E-state index contributed by atoms with van der Waals surface area (Å²) in [5.41, 5.74) is 8.21. The summed E-state index contributed by atoms with van der Waals surface area (Å²) in [4.78, 5) is 19.1. The largest absolute Gasteiger partial charge is 0.397 e. The molecule has 0 bridgehead atoms. The van der Waals surface area contributed by atoms with Crippen molar-refractivity contribution in [3.05, 3.63) is 59.9 Å². The Balaban J connectivity index is 0.00000208. The zero-order valence-electron chi connectivity index (χ0n) is 13.9. The molecule has 1 heterocycles. The second-order valence-corrected chi connectivity index (χ2v) is 6.34. The van der Waals surface area contributed by atoms with Crippen LogP contribution in [0.2, 0.25) is 0 Å². The lowest BCUT2D eigenvalue weighted by Crippen LogP contribution is -2.40. The summed E-state index contributed by atoms with van der Waals surface area (Å²) in [6, 6.07) is 14.1. The lowest BCUT2D eigenvalue weighted by Gasteiger charge is -2.29. The molecule has 0 spiro atoms. The number of nitrogen functional groups attached to an aromatic ring is 1. The molecule has 1 unspecified atom stereocenters. The lowest BCUT2D eigenvalue weighted by atomic mass is 10.1. The minimum absolute atomic E-state index is 0. The van der Waals surface area contributed by atoms with Crippen molar-refractivity contribution in [2.45, 2.75) is 38.8 Å². The van der Waals surface area contributed by atoms with Gasteiger partial charge in [0.2, 0.25) is 5.91 Å². The highest BCUT2D eigenvalue weighted by molar-refractivity contribution is 5.85. The van der Waals surface area contributed by atoms with Crippen LogP contribution in [0.4, 0.5) is 5.69 Å². The van der Waals surface area contributed by atoms with Crippen molar-refractivity contribution in [2.24, 2.45) is 5.92 Å². The Kier molecular flexibility index (Phi) is 6.21. The fourth-order valence-electron chi connectivity index (χ4n) is 2.87. The highest BCUT2D eigenvalue weighted by Gasteiger charge is 2.34. The molecule has 0 radical (unpaired) electrons. The first-order valence-electron chi connectivity index (χ1n) is 8.17. The van der Waals surface area contributed by atoms with Gasteiger partial charge in [0, 0.05) is 18.3 Å². The molecule has 3 rings (SSSR count). The van der Waals surface area contributed by atoms with Crippen LogP contribution < -0.4 is 5.73 Å². The van der Waals surface area contributed by atoms with Gasteiger partial charge >= 0.3 is 0 Å². The van der Waals surface area contributed by atoms with Crippen LogP contribution in [0.25, 0.3) is 0 Å². The summed E-state index contributed by atoms with van der Waals surface area (Å²) in [5, 5.41) is 0. The summed E-state index contributed by atoms with van der Waals surface area (Å²) in [7, 11) is 0. The van der Waals surface area contributed by atoms with Crippen LogP contribution in [0.1, 0.15) is 31.0 Å². The van der Waals surface area contributed by atoms with Gasteiger partial charge in [-0.3, -0.25) is 9.78 Å². The Morgan fingerprint density at radius 3 is 2.54 bits per heavy atom. The number of rotatable bonds is 6. The van der Waals surface area contributed by atoms with Crippen LogP contribution >= 0.6 is 12.4 Å². The summed E-state index contributed by atoms with van der Waals surface area (Å²) in [6.07, 6.45) is 4.37. The highest BCUT2D eigenvalue weighted by Crippen LogP contribution is 2.35. The van der Waals surface area contributed by atoms with E-state index >= 15 is 0 Å². The predicted molar refractivity (Wildman–Crippen MR) is 98.8 cm³/mol. The summed E-state index contributed by atoms with van der Waals surface area (Å²) >= 11 is 0. The molecule has 1 aliphatic carbocycles. The molecule has 4 nitrogen and oxygen atoms in total. The number of anilines is 1. The minimum Gasteiger partial charge on any atom is -0.397 e. The number of carbonyl (C=O) groups is 1. The average Bonchev–Trinajstić information content (AvgIpc) is 3.40. The van der Waals surface area contributed by atoms with E-state index in [1.165, 1.54) is 18.4 Å². The molecule has 24 heavy (non-hydrogen) atoms. The fourth-order valence-corrected chi connectivity index (χ4v) is 2.87. The zero-order valence-corrected chi connectivity index (χ0v) is 14.7. The van der Waals surface area contributed by atoms with Gasteiger partial charge in [-0.15, -0.1) is 12.4 Å². The van der Waals surface area contributed by atoms with Crippen LogP contribution in [0.15, 0.2) is 48.7 Å². The van der Waals surface area contributed by atoms with Gasteiger partial charge in [0.1, 0.15) is 0 Å². The molecule has 1 aliphatic rings. The molecule has 5 heteroatoms. The Hall–Kier alpha value is -2.07. The van der Waals surface area contributed by atoms with Crippen molar-refractivity contribution in [2.75, 3.05) is 5.73 Å². The molecule has 1 saturated carbocycles. The van der Waals surface area contributed by atoms with Crippen molar-refractivity contribution in [1.29, 1.82) is 0 Å². The van der Waals surface area contributed by atoms with Gasteiger partial charge in [0.25, 0.3) is 0 Å². The Bertz CT molecular complexity index is 656. The van der Waals surface area contributed by atoms with Crippen LogP contribution in [-0.2, 0) is 17.8 Å². The molecular weight excluding hydrogens is 322 g/mol.